The molecule has 142 valence electrons. The van der Waals surface area contributed by atoms with E-state index in [1.807, 2.05) is 18.2 Å². The van der Waals surface area contributed by atoms with Crippen molar-refractivity contribution in [1.29, 1.82) is 0 Å². The lowest BCUT2D eigenvalue weighted by molar-refractivity contribution is -0.138. The number of carbonyl (C=O) groups is 1. The van der Waals surface area contributed by atoms with Crippen LogP contribution in [0.15, 0.2) is 30.3 Å². The smallest absolute Gasteiger partial charge is 0.254 e. The Morgan fingerprint density at radius 1 is 0.840 bits per heavy atom. The van der Waals surface area contributed by atoms with Crippen LogP contribution >= 0.6 is 0 Å². The fraction of sp³-hybridized carbons (Fsp3) is 0.682. The van der Waals surface area contributed by atoms with Gasteiger partial charge in [0.05, 0.1) is 0 Å². The van der Waals surface area contributed by atoms with Crippen LogP contribution in [-0.2, 0) is 10.4 Å². The van der Waals surface area contributed by atoms with Gasteiger partial charge in [0, 0.05) is 0 Å². The van der Waals surface area contributed by atoms with Crippen molar-refractivity contribution in [2.45, 2.75) is 96.0 Å². The molecule has 3 nitrogen and oxygen atoms in total. The largest absolute Gasteiger partial charge is 0.375 e. The highest BCUT2D eigenvalue weighted by atomic mass is 16.3. The van der Waals surface area contributed by atoms with Crippen molar-refractivity contribution < 1.29 is 9.90 Å². The van der Waals surface area contributed by atoms with Crippen LogP contribution in [-0.4, -0.2) is 11.0 Å². The van der Waals surface area contributed by atoms with Gasteiger partial charge < -0.3 is 10.8 Å². The minimum Gasteiger partial charge on any atom is -0.375 e. The molecule has 0 aromatic heterocycles. The molecular weight excluding hydrogens is 310 g/mol. The molecule has 0 aliphatic heterocycles. The van der Waals surface area contributed by atoms with Gasteiger partial charge in [-0.25, -0.2) is 0 Å². The zero-order valence-electron chi connectivity index (χ0n) is 16.0. The molecule has 1 unspecified atom stereocenters. The van der Waals surface area contributed by atoms with Gasteiger partial charge in [0.2, 0.25) is 0 Å². The lowest BCUT2D eigenvalue weighted by atomic mass is 9.87. The maximum atomic E-state index is 11.7. The molecule has 0 bridgehead atoms. The standard InChI is InChI=1S/C22H37NO2/c1-2-3-4-5-6-7-8-9-10-11-12-16-19-22(25,21(23)24)20-17-14-13-15-18-20/h13-15,17-18,25H,2-12,16,19H2,1H3,(H2,23,24). The van der Waals surface area contributed by atoms with Crippen LogP contribution < -0.4 is 5.73 Å². The van der Waals surface area contributed by atoms with E-state index < -0.39 is 11.5 Å². The number of rotatable bonds is 15. The topological polar surface area (TPSA) is 63.3 Å². The number of carbonyl (C=O) groups excluding carboxylic acids is 1. The fourth-order valence-corrected chi connectivity index (χ4v) is 3.35. The quantitative estimate of drug-likeness (QED) is 0.414. The summed E-state index contributed by atoms with van der Waals surface area (Å²) in [4.78, 5) is 11.7. The molecule has 1 aromatic carbocycles. The Balaban J connectivity index is 2.11. The van der Waals surface area contributed by atoms with Crippen molar-refractivity contribution in [3.63, 3.8) is 0 Å². The monoisotopic (exact) mass is 347 g/mol. The number of primary amides is 1. The van der Waals surface area contributed by atoms with Crippen LogP contribution in [0.1, 0.15) is 96.0 Å². The van der Waals surface area contributed by atoms with Crippen LogP contribution in [0.5, 0.6) is 0 Å². The Morgan fingerprint density at radius 2 is 1.28 bits per heavy atom. The first kappa shape index (κ1) is 21.7. The predicted octanol–water partition coefficient (Wildman–Crippen LogP) is 5.45. The van der Waals surface area contributed by atoms with E-state index >= 15 is 0 Å². The molecule has 1 aromatic rings. The van der Waals surface area contributed by atoms with Gasteiger partial charge in [-0.3, -0.25) is 4.79 Å². The van der Waals surface area contributed by atoms with E-state index in [9.17, 15) is 9.90 Å². The maximum Gasteiger partial charge on any atom is 0.254 e. The molecule has 0 radical (unpaired) electrons. The van der Waals surface area contributed by atoms with E-state index in [4.69, 9.17) is 5.73 Å². The molecule has 0 saturated carbocycles. The van der Waals surface area contributed by atoms with Crippen LogP contribution in [0, 0.1) is 0 Å². The van der Waals surface area contributed by atoms with Gasteiger partial charge in [-0.2, -0.15) is 0 Å². The molecule has 0 saturated heterocycles. The van der Waals surface area contributed by atoms with E-state index in [1.54, 1.807) is 12.1 Å². The van der Waals surface area contributed by atoms with Gasteiger partial charge >= 0.3 is 0 Å². The average molecular weight is 348 g/mol. The van der Waals surface area contributed by atoms with Gasteiger partial charge in [-0.1, -0.05) is 108 Å². The number of hydrogen-bond acceptors (Lipinski definition) is 2. The number of aliphatic hydroxyl groups is 1. The van der Waals surface area contributed by atoms with Crippen molar-refractivity contribution >= 4 is 5.91 Å². The van der Waals surface area contributed by atoms with E-state index in [0.717, 1.165) is 12.8 Å². The fourth-order valence-electron chi connectivity index (χ4n) is 3.35. The lowest BCUT2D eigenvalue weighted by Gasteiger charge is -2.25. The Kier molecular flexibility index (Phi) is 11.2. The summed E-state index contributed by atoms with van der Waals surface area (Å²) >= 11 is 0. The van der Waals surface area contributed by atoms with Crippen LogP contribution in [0.4, 0.5) is 0 Å². The Morgan fingerprint density at radius 3 is 1.72 bits per heavy atom. The second-order valence-corrected chi connectivity index (χ2v) is 7.23. The maximum absolute atomic E-state index is 11.7. The summed E-state index contributed by atoms with van der Waals surface area (Å²) in [5.41, 5.74) is 4.53. The van der Waals surface area contributed by atoms with E-state index in [-0.39, 0.29) is 0 Å². The van der Waals surface area contributed by atoms with Gasteiger partial charge in [-0.15, -0.1) is 0 Å². The van der Waals surface area contributed by atoms with Gasteiger partial charge in [0.15, 0.2) is 5.60 Å². The second-order valence-electron chi connectivity index (χ2n) is 7.23. The molecule has 0 aliphatic rings. The SMILES string of the molecule is CCCCCCCCCCCCCCC(O)(C(N)=O)c1ccccc1. The number of hydrogen-bond donors (Lipinski definition) is 2. The van der Waals surface area contributed by atoms with Crippen LogP contribution in [0.2, 0.25) is 0 Å². The first-order chi connectivity index (χ1) is 12.1. The van der Waals surface area contributed by atoms with E-state index in [2.05, 4.69) is 6.92 Å². The third kappa shape index (κ3) is 8.53. The molecule has 1 atom stereocenters. The number of amides is 1. The average Bonchev–Trinajstić information content (AvgIpc) is 2.63. The van der Waals surface area contributed by atoms with Crippen molar-refractivity contribution in [3.05, 3.63) is 35.9 Å². The molecule has 0 spiro atoms. The number of nitrogens with two attached hydrogens (primary N) is 1. The minimum atomic E-state index is -1.53. The zero-order chi connectivity index (χ0) is 18.4. The first-order valence-corrected chi connectivity index (χ1v) is 10.2. The van der Waals surface area contributed by atoms with Gasteiger partial charge in [-0.05, 0) is 18.4 Å². The normalized spacial score (nSPS) is 13.5. The molecule has 1 rings (SSSR count). The first-order valence-electron chi connectivity index (χ1n) is 10.2. The summed E-state index contributed by atoms with van der Waals surface area (Å²) in [6.45, 7) is 2.25. The molecule has 0 fully saturated rings. The number of benzene rings is 1. The summed E-state index contributed by atoms with van der Waals surface area (Å²) in [6.07, 6.45) is 15.5. The van der Waals surface area contributed by atoms with Crippen LogP contribution in [0.25, 0.3) is 0 Å². The Labute approximate surface area is 154 Å². The second kappa shape index (κ2) is 12.9. The summed E-state index contributed by atoms with van der Waals surface area (Å²) in [7, 11) is 0. The van der Waals surface area contributed by atoms with Crippen molar-refractivity contribution in [2.24, 2.45) is 5.73 Å². The van der Waals surface area contributed by atoms with Crippen molar-refractivity contribution in [3.8, 4) is 0 Å². The Bertz CT molecular complexity index is 460. The minimum absolute atomic E-state index is 0.407. The summed E-state index contributed by atoms with van der Waals surface area (Å²) in [6, 6.07) is 9.06. The molecule has 0 aliphatic carbocycles. The Hall–Kier alpha value is -1.35. The highest BCUT2D eigenvalue weighted by Crippen LogP contribution is 2.27. The molecule has 3 N–H and O–H groups in total. The number of unbranched alkanes of at least 4 members (excludes halogenated alkanes) is 11. The summed E-state index contributed by atoms with van der Waals surface area (Å²) in [5, 5.41) is 10.6. The summed E-state index contributed by atoms with van der Waals surface area (Å²) < 4.78 is 0. The predicted molar refractivity (Wildman–Crippen MR) is 105 cm³/mol. The third-order valence-electron chi connectivity index (χ3n) is 5.05. The zero-order valence-corrected chi connectivity index (χ0v) is 16.0. The molecule has 1 amide bonds. The van der Waals surface area contributed by atoms with Gasteiger partial charge in [0.25, 0.3) is 5.91 Å². The molecule has 25 heavy (non-hydrogen) atoms. The molecular formula is C22H37NO2. The highest BCUT2D eigenvalue weighted by Gasteiger charge is 2.34. The third-order valence-corrected chi connectivity index (χ3v) is 5.05. The van der Waals surface area contributed by atoms with E-state index in [0.29, 0.717) is 12.0 Å². The summed E-state index contributed by atoms with van der Waals surface area (Å²) in [5.74, 6) is -0.651. The molecule has 3 heteroatoms. The van der Waals surface area contributed by atoms with E-state index in [1.165, 1.54) is 64.2 Å². The van der Waals surface area contributed by atoms with Crippen molar-refractivity contribution in [2.75, 3.05) is 0 Å². The molecule has 0 heterocycles. The lowest BCUT2D eigenvalue weighted by Crippen LogP contribution is -2.41. The van der Waals surface area contributed by atoms with Crippen molar-refractivity contribution in [1.82, 2.24) is 0 Å². The van der Waals surface area contributed by atoms with Crippen LogP contribution in [0.3, 0.4) is 0 Å². The van der Waals surface area contributed by atoms with Gasteiger partial charge in [0.1, 0.15) is 0 Å². The highest BCUT2D eigenvalue weighted by molar-refractivity contribution is 5.84.